The minimum Gasteiger partial charge on any atom is -0.444 e. The maximum Gasteiger partial charge on any atom is 0.259 e. The third-order valence-electron chi connectivity index (χ3n) is 5.71. The second-order valence-electron chi connectivity index (χ2n) is 7.66. The van der Waals surface area contributed by atoms with Crippen LogP contribution in [-0.2, 0) is 13.0 Å². The summed E-state index contributed by atoms with van der Waals surface area (Å²) in [5, 5.41) is 3.41. The van der Waals surface area contributed by atoms with Gasteiger partial charge in [0.25, 0.3) is 11.8 Å². The lowest BCUT2D eigenvalue weighted by atomic mass is 9.95. The van der Waals surface area contributed by atoms with Gasteiger partial charge in [0.05, 0.1) is 16.6 Å². The second-order valence-corrected chi connectivity index (χ2v) is 7.66. The average molecular weight is 420 g/mol. The summed E-state index contributed by atoms with van der Waals surface area (Å²) in [5.41, 5.74) is 8.45. The van der Waals surface area contributed by atoms with E-state index in [2.05, 4.69) is 17.1 Å². The number of amides is 2. The number of para-hydroxylation sites is 1. The lowest BCUT2D eigenvalue weighted by Crippen LogP contribution is -2.33. The van der Waals surface area contributed by atoms with Crippen molar-refractivity contribution in [2.45, 2.75) is 33.7 Å². The van der Waals surface area contributed by atoms with Gasteiger partial charge in [-0.2, -0.15) is 0 Å². The van der Waals surface area contributed by atoms with Gasteiger partial charge in [-0.05, 0) is 26.5 Å². The Balaban J connectivity index is 1.85. The molecule has 4 rings (SSSR count). The number of likely N-dealkylation sites (N-methyl/N-ethyl adjacent to an activating group) is 1. The minimum absolute atomic E-state index is 0.0848. The predicted octanol–water partition coefficient (Wildman–Crippen LogP) is 3.07. The molecule has 0 saturated heterocycles. The van der Waals surface area contributed by atoms with E-state index in [1.807, 2.05) is 24.3 Å². The minimum atomic E-state index is -0.837. The van der Waals surface area contributed by atoms with Crippen LogP contribution < -0.4 is 11.1 Å². The molecule has 3 heterocycles. The number of carbonyl (C=O) groups is 3. The van der Waals surface area contributed by atoms with Crippen molar-refractivity contribution in [1.29, 1.82) is 0 Å². The number of carbonyl (C=O) groups excluding carboxylic acids is 3. The van der Waals surface area contributed by atoms with E-state index in [0.717, 1.165) is 36.3 Å². The number of nitrogens with zero attached hydrogens (tertiary/aromatic N) is 2. The Hall–Kier alpha value is -3.52. The van der Waals surface area contributed by atoms with Gasteiger partial charge in [-0.1, -0.05) is 25.1 Å². The van der Waals surface area contributed by atoms with Crippen LogP contribution in [0, 0.1) is 6.92 Å². The number of aryl methyl sites for hydroxylation is 1. The first-order valence-electron chi connectivity index (χ1n) is 10.2. The molecule has 1 aromatic carbocycles. The van der Waals surface area contributed by atoms with Crippen LogP contribution in [0.2, 0.25) is 0 Å². The maximum absolute atomic E-state index is 13.5. The molecule has 2 aromatic heterocycles. The number of pyridine rings is 1. The zero-order valence-corrected chi connectivity index (χ0v) is 17.7. The van der Waals surface area contributed by atoms with Crippen molar-refractivity contribution >= 4 is 34.4 Å². The molecule has 1 aliphatic rings. The SMILES string of the molecule is CCN1CCc2nc3ccccc3c(C(=O)Nc3oc(C)c(C(C)=O)c3C(N)=O)c2C1. The first-order chi connectivity index (χ1) is 14.8. The first-order valence-corrected chi connectivity index (χ1v) is 10.2. The van der Waals surface area contributed by atoms with Gasteiger partial charge in [-0.15, -0.1) is 0 Å². The quantitative estimate of drug-likeness (QED) is 0.613. The number of aromatic nitrogens is 1. The molecule has 0 fully saturated rings. The summed E-state index contributed by atoms with van der Waals surface area (Å²) >= 11 is 0. The lowest BCUT2D eigenvalue weighted by molar-refractivity contribution is 0.0974. The van der Waals surface area contributed by atoms with Gasteiger partial charge in [-0.3, -0.25) is 29.6 Å². The van der Waals surface area contributed by atoms with Gasteiger partial charge >= 0.3 is 0 Å². The van der Waals surface area contributed by atoms with Crippen LogP contribution in [0.5, 0.6) is 0 Å². The van der Waals surface area contributed by atoms with Crippen LogP contribution in [0.3, 0.4) is 0 Å². The summed E-state index contributed by atoms with van der Waals surface area (Å²) in [6, 6.07) is 7.46. The number of ketones is 1. The smallest absolute Gasteiger partial charge is 0.259 e. The third kappa shape index (κ3) is 3.59. The monoisotopic (exact) mass is 420 g/mol. The Bertz CT molecular complexity index is 1230. The Kier molecular flexibility index (Phi) is 5.32. The molecule has 160 valence electrons. The molecule has 0 saturated carbocycles. The van der Waals surface area contributed by atoms with E-state index in [1.165, 1.54) is 6.92 Å². The lowest BCUT2D eigenvalue weighted by Gasteiger charge is -2.29. The van der Waals surface area contributed by atoms with Gasteiger partial charge in [0.1, 0.15) is 11.3 Å². The fourth-order valence-corrected chi connectivity index (χ4v) is 4.23. The van der Waals surface area contributed by atoms with Gasteiger partial charge in [-0.25, -0.2) is 0 Å². The third-order valence-corrected chi connectivity index (χ3v) is 5.71. The second kappa shape index (κ2) is 7.96. The average Bonchev–Trinajstić information content (AvgIpc) is 3.07. The van der Waals surface area contributed by atoms with Crippen LogP contribution in [-0.4, -0.2) is 40.6 Å². The molecule has 8 nitrogen and oxygen atoms in total. The van der Waals surface area contributed by atoms with Crippen LogP contribution in [0.1, 0.15) is 61.9 Å². The van der Waals surface area contributed by atoms with Crippen molar-refractivity contribution in [1.82, 2.24) is 9.88 Å². The molecule has 0 bridgehead atoms. The summed E-state index contributed by atoms with van der Waals surface area (Å²) in [6.07, 6.45) is 0.745. The molecular formula is C23H24N4O4. The molecule has 3 aromatic rings. The van der Waals surface area contributed by atoms with E-state index in [4.69, 9.17) is 15.1 Å². The zero-order chi connectivity index (χ0) is 22.3. The molecule has 31 heavy (non-hydrogen) atoms. The number of rotatable bonds is 5. The molecule has 3 N–H and O–H groups in total. The Morgan fingerprint density at radius 1 is 1.19 bits per heavy atom. The summed E-state index contributed by atoms with van der Waals surface area (Å²) in [5.74, 6) is -1.51. The van der Waals surface area contributed by atoms with E-state index in [0.29, 0.717) is 17.5 Å². The molecule has 1 aliphatic heterocycles. The molecular weight excluding hydrogens is 396 g/mol. The van der Waals surface area contributed by atoms with E-state index in [-0.39, 0.29) is 28.6 Å². The summed E-state index contributed by atoms with van der Waals surface area (Å²) < 4.78 is 5.58. The normalized spacial score (nSPS) is 13.8. The number of Topliss-reactive ketones (excluding diaryl/α,β-unsaturated/α-hetero) is 1. The van der Waals surface area contributed by atoms with E-state index in [1.54, 1.807) is 6.92 Å². The van der Waals surface area contributed by atoms with Gasteiger partial charge in [0.2, 0.25) is 5.88 Å². The van der Waals surface area contributed by atoms with Crippen LogP contribution in [0.15, 0.2) is 28.7 Å². The number of nitrogens with two attached hydrogens (primary N) is 1. The van der Waals surface area contributed by atoms with E-state index in [9.17, 15) is 14.4 Å². The molecule has 8 heteroatoms. The molecule has 0 unspecified atom stereocenters. The van der Waals surface area contributed by atoms with Gasteiger partial charge in [0.15, 0.2) is 5.78 Å². The van der Waals surface area contributed by atoms with Crippen LogP contribution in [0.25, 0.3) is 10.9 Å². The van der Waals surface area contributed by atoms with Crippen molar-refractivity contribution in [2.24, 2.45) is 5.73 Å². The topological polar surface area (TPSA) is 119 Å². The molecule has 2 amide bonds. The van der Waals surface area contributed by atoms with Crippen LogP contribution in [0.4, 0.5) is 5.88 Å². The number of anilines is 1. The number of fused-ring (bicyclic) bond motifs is 2. The number of hydrogen-bond donors (Lipinski definition) is 2. The van der Waals surface area contributed by atoms with Crippen molar-refractivity contribution in [3.63, 3.8) is 0 Å². The number of nitrogens with one attached hydrogen (secondary N) is 1. The Morgan fingerprint density at radius 2 is 1.94 bits per heavy atom. The van der Waals surface area contributed by atoms with E-state index >= 15 is 0 Å². The van der Waals surface area contributed by atoms with Crippen molar-refractivity contribution in [3.8, 4) is 0 Å². The Labute approximate surface area is 179 Å². The largest absolute Gasteiger partial charge is 0.444 e. The van der Waals surface area contributed by atoms with Crippen molar-refractivity contribution in [2.75, 3.05) is 18.4 Å². The number of primary amides is 1. The highest BCUT2D eigenvalue weighted by atomic mass is 16.4. The molecule has 0 spiro atoms. The predicted molar refractivity (Wildman–Crippen MR) is 116 cm³/mol. The molecule has 0 radical (unpaired) electrons. The van der Waals surface area contributed by atoms with Crippen molar-refractivity contribution in [3.05, 3.63) is 58.0 Å². The van der Waals surface area contributed by atoms with Gasteiger partial charge in [0, 0.05) is 36.2 Å². The summed E-state index contributed by atoms with van der Waals surface area (Å²) in [4.78, 5) is 44.6. The zero-order valence-electron chi connectivity index (χ0n) is 17.7. The Morgan fingerprint density at radius 3 is 2.61 bits per heavy atom. The fraction of sp³-hybridized carbons (Fsp3) is 0.304. The van der Waals surface area contributed by atoms with Crippen LogP contribution >= 0.6 is 0 Å². The number of benzene rings is 1. The summed E-state index contributed by atoms with van der Waals surface area (Å²) in [7, 11) is 0. The maximum atomic E-state index is 13.5. The van der Waals surface area contributed by atoms with Crippen molar-refractivity contribution < 1.29 is 18.8 Å². The fourth-order valence-electron chi connectivity index (χ4n) is 4.23. The molecule has 0 aliphatic carbocycles. The summed E-state index contributed by atoms with van der Waals surface area (Å²) in [6.45, 7) is 7.29. The number of hydrogen-bond acceptors (Lipinski definition) is 6. The highest BCUT2D eigenvalue weighted by molar-refractivity contribution is 6.17. The highest BCUT2D eigenvalue weighted by Gasteiger charge is 2.29. The van der Waals surface area contributed by atoms with E-state index < -0.39 is 11.8 Å². The first kappa shape index (κ1) is 20.7. The van der Waals surface area contributed by atoms with Gasteiger partial charge < -0.3 is 10.2 Å². The number of furan rings is 1. The molecule has 0 atom stereocenters. The highest BCUT2D eigenvalue weighted by Crippen LogP contribution is 2.31. The standard InChI is InChI=1S/C23H24N4O4/c1-4-27-10-9-17-15(11-27)19(14-7-5-6-8-16(14)25-17)22(30)26-23-20(21(24)29)18(12(2)28)13(3)31-23/h5-8H,4,9-11H2,1-3H3,(H2,24,29)(H,26,30).